The number of amides is 1. The largest absolute Gasteiger partial charge is 0.458 e. The van der Waals surface area contributed by atoms with Gasteiger partial charge in [0.15, 0.2) is 0 Å². The molecule has 0 spiro atoms. The van der Waals surface area contributed by atoms with Crippen molar-refractivity contribution in [2.75, 3.05) is 0 Å². The smallest absolute Gasteiger partial charge is 0.329 e. The van der Waals surface area contributed by atoms with Crippen LogP contribution in [0.5, 0.6) is 0 Å². The standard InChI is InChI=1S/C16H23NO3/c1-11(2)13(15(19)20-16(3,4)5)17-14(18)12-9-7-6-8-10-12/h6-11,13H,1-5H3,(H,17,18)/t13-/m0/s1. The fraction of sp³-hybridized carbons (Fsp3) is 0.500. The van der Waals surface area contributed by atoms with Crippen LogP contribution < -0.4 is 5.32 Å². The summed E-state index contributed by atoms with van der Waals surface area (Å²) in [5, 5.41) is 2.74. The van der Waals surface area contributed by atoms with Crippen LogP contribution >= 0.6 is 0 Å². The summed E-state index contributed by atoms with van der Waals surface area (Å²) in [4.78, 5) is 24.2. The summed E-state index contributed by atoms with van der Waals surface area (Å²) in [6.45, 7) is 9.17. The number of rotatable bonds is 4. The third kappa shape index (κ3) is 5.03. The van der Waals surface area contributed by atoms with Crippen molar-refractivity contribution in [2.24, 2.45) is 5.92 Å². The summed E-state index contributed by atoms with van der Waals surface area (Å²) in [7, 11) is 0. The van der Waals surface area contributed by atoms with Gasteiger partial charge in [0.1, 0.15) is 11.6 Å². The molecular formula is C16H23NO3. The van der Waals surface area contributed by atoms with E-state index >= 15 is 0 Å². The fourth-order valence-corrected chi connectivity index (χ4v) is 1.68. The molecule has 0 saturated carbocycles. The lowest BCUT2D eigenvalue weighted by Gasteiger charge is -2.26. The Labute approximate surface area is 120 Å². The Balaban J connectivity index is 2.78. The maximum absolute atomic E-state index is 12.1. The van der Waals surface area contributed by atoms with Crippen LogP contribution in [0.2, 0.25) is 0 Å². The number of benzene rings is 1. The van der Waals surface area contributed by atoms with E-state index in [4.69, 9.17) is 4.74 Å². The predicted octanol–water partition coefficient (Wildman–Crippen LogP) is 2.78. The van der Waals surface area contributed by atoms with Gasteiger partial charge < -0.3 is 10.1 Å². The van der Waals surface area contributed by atoms with Gasteiger partial charge in [0, 0.05) is 5.56 Å². The van der Waals surface area contributed by atoms with Gasteiger partial charge in [-0.1, -0.05) is 32.0 Å². The highest BCUT2D eigenvalue weighted by atomic mass is 16.6. The van der Waals surface area contributed by atoms with Crippen LogP contribution in [-0.2, 0) is 9.53 Å². The molecule has 4 nitrogen and oxygen atoms in total. The summed E-state index contributed by atoms with van der Waals surface area (Å²) in [5.41, 5.74) is -0.0384. The Morgan fingerprint density at radius 1 is 1.10 bits per heavy atom. The van der Waals surface area contributed by atoms with Crippen LogP contribution in [0.4, 0.5) is 0 Å². The van der Waals surface area contributed by atoms with Crippen molar-refractivity contribution >= 4 is 11.9 Å². The van der Waals surface area contributed by atoms with Gasteiger partial charge in [-0.05, 0) is 38.8 Å². The normalized spacial score (nSPS) is 12.9. The third-order valence-corrected chi connectivity index (χ3v) is 2.65. The zero-order valence-electron chi connectivity index (χ0n) is 12.8. The number of nitrogens with one attached hydrogen (secondary N) is 1. The van der Waals surface area contributed by atoms with Crippen LogP contribution in [0, 0.1) is 5.92 Å². The fourth-order valence-electron chi connectivity index (χ4n) is 1.68. The molecule has 0 fully saturated rings. The van der Waals surface area contributed by atoms with Gasteiger partial charge in [0.25, 0.3) is 5.91 Å². The van der Waals surface area contributed by atoms with E-state index in [9.17, 15) is 9.59 Å². The molecule has 0 unspecified atom stereocenters. The van der Waals surface area contributed by atoms with Gasteiger partial charge in [-0.2, -0.15) is 0 Å². The average Bonchev–Trinajstić information content (AvgIpc) is 2.34. The molecule has 0 aliphatic carbocycles. The topological polar surface area (TPSA) is 55.4 Å². The minimum absolute atomic E-state index is 0.0440. The van der Waals surface area contributed by atoms with Crippen molar-refractivity contribution in [3.63, 3.8) is 0 Å². The van der Waals surface area contributed by atoms with Crippen LogP contribution in [0.25, 0.3) is 0 Å². The minimum atomic E-state index is -0.651. The SMILES string of the molecule is CC(C)[C@H](NC(=O)c1ccccc1)C(=O)OC(C)(C)C. The van der Waals surface area contributed by atoms with Gasteiger partial charge in [-0.3, -0.25) is 4.79 Å². The highest BCUT2D eigenvalue weighted by Gasteiger charge is 2.29. The first-order chi connectivity index (χ1) is 9.20. The Hall–Kier alpha value is -1.84. The molecule has 1 rings (SSSR count). The molecule has 0 bridgehead atoms. The number of ether oxygens (including phenoxy) is 1. The maximum atomic E-state index is 12.1. The van der Waals surface area contributed by atoms with Crippen molar-refractivity contribution in [3.05, 3.63) is 35.9 Å². The highest BCUT2D eigenvalue weighted by molar-refractivity contribution is 5.96. The lowest BCUT2D eigenvalue weighted by atomic mass is 10.0. The quantitative estimate of drug-likeness (QED) is 0.861. The van der Waals surface area contributed by atoms with E-state index in [1.807, 2.05) is 19.9 Å². The van der Waals surface area contributed by atoms with Crippen molar-refractivity contribution in [3.8, 4) is 0 Å². The minimum Gasteiger partial charge on any atom is -0.458 e. The zero-order chi connectivity index (χ0) is 15.3. The van der Waals surface area contributed by atoms with Crippen molar-refractivity contribution in [2.45, 2.75) is 46.3 Å². The van der Waals surface area contributed by atoms with E-state index in [-0.39, 0.29) is 11.8 Å². The lowest BCUT2D eigenvalue weighted by molar-refractivity contribution is -0.158. The Morgan fingerprint density at radius 3 is 2.10 bits per heavy atom. The van der Waals surface area contributed by atoms with Gasteiger partial charge in [-0.25, -0.2) is 4.79 Å². The van der Waals surface area contributed by atoms with E-state index in [2.05, 4.69) is 5.32 Å². The van der Waals surface area contributed by atoms with Gasteiger partial charge in [-0.15, -0.1) is 0 Å². The molecule has 0 radical (unpaired) electrons. The van der Waals surface area contributed by atoms with Crippen molar-refractivity contribution in [1.29, 1.82) is 0 Å². The molecule has 1 atom stereocenters. The molecule has 0 saturated heterocycles. The lowest BCUT2D eigenvalue weighted by Crippen LogP contribution is -2.47. The summed E-state index contributed by atoms with van der Waals surface area (Å²) >= 11 is 0. The van der Waals surface area contributed by atoms with Crippen molar-refractivity contribution in [1.82, 2.24) is 5.32 Å². The second-order valence-corrected chi connectivity index (χ2v) is 6.09. The van der Waals surface area contributed by atoms with Crippen LogP contribution in [0.15, 0.2) is 30.3 Å². The number of carbonyl (C=O) groups excluding carboxylic acids is 2. The monoisotopic (exact) mass is 277 g/mol. The zero-order valence-corrected chi connectivity index (χ0v) is 12.8. The number of carbonyl (C=O) groups is 2. The summed E-state index contributed by atoms with van der Waals surface area (Å²) in [6.07, 6.45) is 0. The Morgan fingerprint density at radius 2 is 1.65 bits per heavy atom. The highest BCUT2D eigenvalue weighted by Crippen LogP contribution is 2.13. The molecular weight excluding hydrogens is 254 g/mol. The predicted molar refractivity (Wildman–Crippen MR) is 78.4 cm³/mol. The first kappa shape index (κ1) is 16.2. The summed E-state index contributed by atoms with van der Waals surface area (Å²) in [5.74, 6) is -0.718. The van der Waals surface area contributed by atoms with E-state index in [0.29, 0.717) is 5.56 Å². The number of hydrogen-bond donors (Lipinski definition) is 1. The van der Waals surface area contributed by atoms with Crippen LogP contribution in [0.3, 0.4) is 0 Å². The van der Waals surface area contributed by atoms with E-state index in [0.717, 1.165) is 0 Å². The summed E-state index contributed by atoms with van der Waals surface area (Å²) in [6, 6.07) is 8.18. The molecule has 1 aromatic rings. The molecule has 4 heteroatoms. The van der Waals surface area contributed by atoms with E-state index < -0.39 is 17.6 Å². The molecule has 110 valence electrons. The third-order valence-electron chi connectivity index (χ3n) is 2.65. The van der Waals surface area contributed by atoms with Crippen LogP contribution in [-0.4, -0.2) is 23.5 Å². The number of hydrogen-bond acceptors (Lipinski definition) is 3. The summed E-state index contributed by atoms with van der Waals surface area (Å²) < 4.78 is 5.34. The number of esters is 1. The Kier molecular flexibility index (Phi) is 5.31. The second-order valence-electron chi connectivity index (χ2n) is 6.09. The van der Waals surface area contributed by atoms with E-state index in [1.54, 1.807) is 45.0 Å². The molecule has 0 heterocycles. The average molecular weight is 277 g/mol. The molecule has 0 aliphatic heterocycles. The first-order valence-electron chi connectivity index (χ1n) is 6.79. The molecule has 20 heavy (non-hydrogen) atoms. The second kappa shape index (κ2) is 6.55. The maximum Gasteiger partial charge on any atom is 0.329 e. The van der Waals surface area contributed by atoms with Crippen LogP contribution in [0.1, 0.15) is 45.0 Å². The first-order valence-corrected chi connectivity index (χ1v) is 6.79. The van der Waals surface area contributed by atoms with Crippen molar-refractivity contribution < 1.29 is 14.3 Å². The van der Waals surface area contributed by atoms with Gasteiger partial charge in [0.05, 0.1) is 0 Å². The molecule has 0 aromatic heterocycles. The molecule has 1 aromatic carbocycles. The van der Waals surface area contributed by atoms with Gasteiger partial charge >= 0.3 is 5.97 Å². The molecule has 1 amide bonds. The molecule has 1 N–H and O–H groups in total. The molecule has 0 aliphatic rings. The van der Waals surface area contributed by atoms with Gasteiger partial charge in [0.2, 0.25) is 0 Å². The van der Waals surface area contributed by atoms with E-state index in [1.165, 1.54) is 0 Å². The Bertz CT molecular complexity index is 460.